The Morgan fingerprint density at radius 2 is 1.96 bits per heavy atom. The fraction of sp³-hybridized carbons (Fsp3) is 0.571. The first-order valence-electron chi connectivity index (χ1n) is 9.29. The van der Waals surface area contributed by atoms with Crippen LogP contribution in [0.2, 0.25) is 0 Å². The van der Waals surface area contributed by atoms with Crippen LogP contribution in [0, 0.1) is 11.8 Å². The fourth-order valence-electron chi connectivity index (χ4n) is 3.09. The van der Waals surface area contributed by atoms with Crippen LogP contribution in [0.4, 0.5) is 0 Å². The van der Waals surface area contributed by atoms with Crippen LogP contribution in [-0.4, -0.2) is 12.5 Å². The zero-order valence-electron chi connectivity index (χ0n) is 14.5. The number of carbonyl (C=O) groups is 1. The van der Waals surface area contributed by atoms with Gasteiger partial charge in [0.1, 0.15) is 0 Å². The molecule has 0 spiro atoms. The summed E-state index contributed by atoms with van der Waals surface area (Å²) in [6, 6.07) is 10.3. The summed E-state index contributed by atoms with van der Waals surface area (Å²) in [6.45, 7) is 2.96. The molecular weight excluding hydrogens is 282 g/mol. The van der Waals surface area contributed by atoms with Crippen molar-refractivity contribution in [3.05, 3.63) is 48.0 Å². The smallest absolute Gasteiger partial charge is 0.243 e. The lowest BCUT2D eigenvalue weighted by molar-refractivity contribution is -0.116. The second kappa shape index (κ2) is 10.3. The van der Waals surface area contributed by atoms with Crippen molar-refractivity contribution in [2.24, 2.45) is 11.8 Å². The Morgan fingerprint density at radius 3 is 2.74 bits per heavy atom. The van der Waals surface area contributed by atoms with Gasteiger partial charge in [-0.1, -0.05) is 75.4 Å². The van der Waals surface area contributed by atoms with E-state index in [1.54, 1.807) is 6.08 Å². The minimum absolute atomic E-state index is 0.0505. The first-order chi connectivity index (χ1) is 11.3. The molecule has 1 aliphatic rings. The average molecular weight is 313 g/mol. The van der Waals surface area contributed by atoms with Gasteiger partial charge in [0.25, 0.3) is 0 Å². The monoisotopic (exact) mass is 313 g/mol. The Hall–Kier alpha value is -1.57. The second-order valence-electron chi connectivity index (χ2n) is 6.75. The largest absolute Gasteiger partial charge is 0.352 e. The quantitative estimate of drug-likeness (QED) is 0.457. The van der Waals surface area contributed by atoms with E-state index in [0.29, 0.717) is 12.5 Å². The highest BCUT2D eigenvalue weighted by Gasteiger charge is 2.33. The lowest BCUT2D eigenvalue weighted by atomic mass is 10.1. The van der Waals surface area contributed by atoms with Crippen LogP contribution in [0.25, 0.3) is 0 Å². The molecule has 126 valence electrons. The molecule has 2 rings (SSSR count). The van der Waals surface area contributed by atoms with Gasteiger partial charge in [-0.05, 0) is 42.7 Å². The Kier molecular flexibility index (Phi) is 7.92. The Balaban J connectivity index is 1.51. The minimum Gasteiger partial charge on any atom is -0.352 e. The Labute approximate surface area is 141 Å². The number of benzene rings is 1. The van der Waals surface area contributed by atoms with Gasteiger partial charge in [0, 0.05) is 6.54 Å². The van der Waals surface area contributed by atoms with E-state index in [0.717, 1.165) is 12.3 Å². The van der Waals surface area contributed by atoms with E-state index in [9.17, 15) is 4.79 Å². The van der Waals surface area contributed by atoms with Gasteiger partial charge in [-0.3, -0.25) is 4.79 Å². The van der Waals surface area contributed by atoms with E-state index >= 15 is 0 Å². The van der Waals surface area contributed by atoms with Gasteiger partial charge in [0.05, 0.1) is 0 Å². The lowest BCUT2D eigenvalue weighted by Gasteiger charge is -2.02. The van der Waals surface area contributed by atoms with E-state index in [1.165, 1.54) is 50.5 Å². The molecule has 23 heavy (non-hydrogen) atoms. The topological polar surface area (TPSA) is 29.1 Å². The molecule has 2 atom stereocenters. The van der Waals surface area contributed by atoms with Crippen LogP contribution >= 0.6 is 0 Å². The molecule has 0 unspecified atom stereocenters. The molecule has 1 saturated carbocycles. The Morgan fingerprint density at radius 1 is 1.17 bits per heavy atom. The molecule has 0 heterocycles. The van der Waals surface area contributed by atoms with E-state index in [2.05, 4.69) is 30.4 Å². The zero-order valence-corrected chi connectivity index (χ0v) is 14.5. The molecule has 0 radical (unpaired) electrons. The minimum atomic E-state index is 0.0505. The summed E-state index contributed by atoms with van der Waals surface area (Å²) in [5.74, 6) is 1.54. The SMILES string of the molecule is CCCCCCC[C@@H]1C[C@H]1/C=C/C(=O)NCCc1ccccc1. The fourth-order valence-corrected chi connectivity index (χ4v) is 3.09. The Bertz CT molecular complexity index is 480. The van der Waals surface area contributed by atoms with Gasteiger partial charge in [-0.25, -0.2) is 0 Å². The number of rotatable bonds is 11. The summed E-state index contributed by atoms with van der Waals surface area (Å²) in [4.78, 5) is 11.8. The van der Waals surface area contributed by atoms with Crippen LogP contribution in [0.1, 0.15) is 57.4 Å². The highest BCUT2D eigenvalue weighted by Crippen LogP contribution is 2.43. The molecule has 1 aromatic rings. The predicted octanol–water partition coefficient (Wildman–Crippen LogP) is 4.90. The van der Waals surface area contributed by atoms with E-state index < -0.39 is 0 Å². The zero-order chi connectivity index (χ0) is 16.3. The summed E-state index contributed by atoms with van der Waals surface area (Å²) >= 11 is 0. The van der Waals surface area contributed by atoms with E-state index in [1.807, 2.05) is 18.2 Å². The first kappa shape index (κ1) is 17.8. The van der Waals surface area contributed by atoms with E-state index in [4.69, 9.17) is 0 Å². The van der Waals surface area contributed by atoms with Crippen molar-refractivity contribution in [1.29, 1.82) is 0 Å². The third-order valence-electron chi connectivity index (χ3n) is 4.71. The van der Waals surface area contributed by atoms with Crippen LogP contribution in [-0.2, 0) is 11.2 Å². The van der Waals surface area contributed by atoms with Crippen molar-refractivity contribution in [2.75, 3.05) is 6.54 Å². The highest BCUT2D eigenvalue weighted by atomic mass is 16.1. The maximum Gasteiger partial charge on any atom is 0.243 e. The standard InChI is InChI=1S/C21H31NO/c1-2-3-4-5-9-12-19-17-20(19)13-14-21(23)22-16-15-18-10-7-6-8-11-18/h6-8,10-11,13-14,19-20H,2-5,9,12,15-17H2,1H3,(H,22,23)/b14-13+/t19-,20-/m1/s1. The third kappa shape index (κ3) is 7.49. The number of nitrogens with one attached hydrogen (secondary N) is 1. The maximum atomic E-state index is 11.8. The van der Waals surface area contributed by atoms with Crippen LogP contribution in [0.3, 0.4) is 0 Å². The molecule has 1 amide bonds. The van der Waals surface area contributed by atoms with Crippen molar-refractivity contribution in [3.8, 4) is 0 Å². The molecule has 2 heteroatoms. The van der Waals surface area contributed by atoms with Crippen LogP contribution in [0.5, 0.6) is 0 Å². The molecular formula is C21H31NO. The van der Waals surface area contributed by atoms with Gasteiger partial charge >= 0.3 is 0 Å². The molecule has 0 aliphatic heterocycles. The van der Waals surface area contributed by atoms with Crippen LogP contribution < -0.4 is 5.32 Å². The molecule has 0 bridgehead atoms. The van der Waals surface area contributed by atoms with Crippen molar-refractivity contribution in [2.45, 2.75) is 58.3 Å². The number of unbranched alkanes of at least 4 members (excludes halogenated alkanes) is 4. The summed E-state index contributed by atoms with van der Waals surface area (Å²) in [7, 11) is 0. The van der Waals surface area contributed by atoms with Crippen molar-refractivity contribution in [1.82, 2.24) is 5.32 Å². The normalized spacial score (nSPS) is 19.9. The molecule has 1 N–H and O–H groups in total. The summed E-state index contributed by atoms with van der Waals surface area (Å²) in [5, 5.41) is 2.97. The summed E-state index contributed by atoms with van der Waals surface area (Å²) < 4.78 is 0. The molecule has 0 aromatic heterocycles. The summed E-state index contributed by atoms with van der Waals surface area (Å²) in [6.07, 6.45) is 14.2. The second-order valence-corrected chi connectivity index (χ2v) is 6.75. The number of allylic oxidation sites excluding steroid dienone is 1. The van der Waals surface area contributed by atoms with Gasteiger partial charge in [-0.2, -0.15) is 0 Å². The number of hydrogen-bond donors (Lipinski definition) is 1. The predicted molar refractivity (Wildman–Crippen MR) is 97.3 cm³/mol. The first-order valence-corrected chi connectivity index (χ1v) is 9.29. The van der Waals surface area contributed by atoms with Crippen molar-refractivity contribution < 1.29 is 4.79 Å². The summed E-state index contributed by atoms with van der Waals surface area (Å²) in [5.41, 5.74) is 1.27. The number of amides is 1. The van der Waals surface area contributed by atoms with Crippen LogP contribution in [0.15, 0.2) is 42.5 Å². The molecule has 1 aliphatic carbocycles. The van der Waals surface area contributed by atoms with Gasteiger partial charge < -0.3 is 5.32 Å². The lowest BCUT2D eigenvalue weighted by Crippen LogP contribution is -2.23. The van der Waals surface area contributed by atoms with Crippen molar-refractivity contribution >= 4 is 5.91 Å². The van der Waals surface area contributed by atoms with Crippen molar-refractivity contribution in [3.63, 3.8) is 0 Å². The van der Waals surface area contributed by atoms with Gasteiger partial charge in [-0.15, -0.1) is 0 Å². The van der Waals surface area contributed by atoms with E-state index in [-0.39, 0.29) is 5.91 Å². The molecule has 0 saturated heterocycles. The number of hydrogen-bond acceptors (Lipinski definition) is 1. The third-order valence-corrected chi connectivity index (χ3v) is 4.71. The molecule has 2 nitrogen and oxygen atoms in total. The van der Waals surface area contributed by atoms with Gasteiger partial charge in [0.2, 0.25) is 5.91 Å². The highest BCUT2D eigenvalue weighted by molar-refractivity contribution is 5.87. The molecule has 1 aromatic carbocycles. The maximum absolute atomic E-state index is 11.8. The van der Waals surface area contributed by atoms with Gasteiger partial charge in [0.15, 0.2) is 0 Å². The molecule has 1 fully saturated rings. The average Bonchev–Trinajstić information content (AvgIpc) is 3.32. The number of carbonyl (C=O) groups excluding carboxylic acids is 1.